The summed E-state index contributed by atoms with van der Waals surface area (Å²) in [5.41, 5.74) is 5.23. The number of aliphatic carboxylic acids is 1. The van der Waals surface area contributed by atoms with E-state index >= 15 is 0 Å². The van der Waals surface area contributed by atoms with Crippen LogP contribution in [0, 0.1) is 11.8 Å². The summed E-state index contributed by atoms with van der Waals surface area (Å²) in [4.78, 5) is 35.4. The van der Waals surface area contributed by atoms with Gasteiger partial charge in [0.05, 0.1) is 11.8 Å². The molecule has 1 aliphatic rings. The Hall–Kier alpha value is -1.79. The number of primary amides is 1. The first-order valence-electron chi connectivity index (χ1n) is 7.38. The van der Waals surface area contributed by atoms with Crippen molar-refractivity contribution in [2.24, 2.45) is 17.6 Å². The lowest BCUT2D eigenvalue weighted by atomic mass is 10.0. The van der Waals surface area contributed by atoms with Gasteiger partial charge in [-0.1, -0.05) is 13.3 Å². The summed E-state index contributed by atoms with van der Waals surface area (Å²) in [5, 5.41) is 11.7. The third kappa shape index (κ3) is 5.61. The molecule has 0 bridgehead atoms. The Morgan fingerprint density at radius 3 is 2.52 bits per heavy atom. The van der Waals surface area contributed by atoms with Crippen molar-refractivity contribution in [1.29, 1.82) is 0 Å². The zero-order valence-corrected chi connectivity index (χ0v) is 12.7. The molecular weight excluding hydrogens is 274 g/mol. The van der Waals surface area contributed by atoms with Gasteiger partial charge < -0.3 is 21.1 Å². The van der Waals surface area contributed by atoms with Gasteiger partial charge in [0.15, 0.2) is 0 Å². The standard InChI is InChI=1S/C14H25N3O4/c1-9(13(19)20)4-3-5-10(2)16-14(21)17-7-6-11(8-17)12(15)18/h9-11H,3-8H2,1-2H3,(H2,15,18)(H,16,21)(H,19,20). The quantitative estimate of drug-likeness (QED) is 0.644. The molecule has 4 N–H and O–H groups in total. The molecule has 120 valence electrons. The molecule has 1 heterocycles. The fourth-order valence-electron chi connectivity index (χ4n) is 2.40. The summed E-state index contributed by atoms with van der Waals surface area (Å²) in [6.45, 7) is 4.50. The number of hydrogen-bond acceptors (Lipinski definition) is 3. The van der Waals surface area contributed by atoms with Gasteiger partial charge >= 0.3 is 12.0 Å². The number of urea groups is 1. The Labute approximate surface area is 124 Å². The molecule has 0 aromatic rings. The van der Waals surface area contributed by atoms with Crippen molar-refractivity contribution in [1.82, 2.24) is 10.2 Å². The lowest BCUT2D eigenvalue weighted by molar-refractivity contribution is -0.141. The third-order valence-corrected chi connectivity index (χ3v) is 3.94. The second-order valence-corrected chi connectivity index (χ2v) is 5.85. The second-order valence-electron chi connectivity index (χ2n) is 5.85. The number of nitrogens with two attached hydrogens (primary N) is 1. The van der Waals surface area contributed by atoms with Crippen LogP contribution >= 0.6 is 0 Å². The van der Waals surface area contributed by atoms with Crippen molar-refractivity contribution in [2.45, 2.75) is 45.6 Å². The van der Waals surface area contributed by atoms with Crippen LogP contribution in [0.15, 0.2) is 0 Å². The minimum absolute atomic E-state index is 0.0221. The van der Waals surface area contributed by atoms with Crippen molar-refractivity contribution in [3.8, 4) is 0 Å². The van der Waals surface area contributed by atoms with E-state index in [1.54, 1.807) is 11.8 Å². The average Bonchev–Trinajstić information content (AvgIpc) is 2.88. The molecule has 21 heavy (non-hydrogen) atoms. The van der Waals surface area contributed by atoms with Crippen molar-refractivity contribution < 1.29 is 19.5 Å². The average molecular weight is 299 g/mol. The van der Waals surface area contributed by atoms with Crippen LogP contribution in [0.2, 0.25) is 0 Å². The molecule has 1 aliphatic heterocycles. The van der Waals surface area contributed by atoms with Crippen molar-refractivity contribution in [2.75, 3.05) is 13.1 Å². The van der Waals surface area contributed by atoms with Crippen LogP contribution < -0.4 is 11.1 Å². The van der Waals surface area contributed by atoms with Crippen LogP contribution in [0.3, 0.4) is 0 Å². The smallest absolute Gasteiger partial charge is 0.317 e. The van der Waals surface area contributed by atoms with Crippen molar-refractivity contribution in [3.05, 3.63) is 0 Å². The fourth-order valence-corrected chi connectivity index (χ4v) is 2.40. The molecule has 1 rings (SSSR count). The molecule has 0 radical (unpaired) electrons. The highest BCUT2D eigenvalue weighted by atomic mass is 16.4. The maximum atomic E-state index is 12.0. The Balaban J connectivity index is 2.25. The van der Waals surface area contributed by atoms with E-state index in [2.05, 4.69) is 5.32 Å². The van der Waals surface area contributed by atoms with E-state index in [1.807, 2.05) is 6.92 Å². The molecule has 7 heteroatoms. The lowest BCUT2D eigenvalue weighted by Crippen LogP contribution is -2.43. The van der Waals surface area contributed by atoms with E-state index in [-0.39, 0.29) is 29.8 Å². The van der Waals surface area contributed by atoms with E-state index in [4.69, 9.17) is 10.8 Å². The predicted molar refractivity (Wildman–Crippen MR) is 77.5 cm³/mol. The first-order chi connectivity index (χ1) is 9.81. The topological polar surface area (TPSA) is 113 Å². The Morgan fingerprint density at radius 2 is 2.00 bits per heavy atom. The van der Waals surface area contributed by atoms with Crippen LogP contribution in [0.1, 0.15) is 39.5 Å². The van der Waals surface area contributed by atoms with Crippen LogP contribution in [0.4, 0.5) is 4.79 Å². The zero-order valence-electron chi connectivity index (χ0n) is 12.7. The normalized spacial score (nSPS) is 20.9. The maximum Gasteiger partial charge on any atom is 0.317 e. The second kappa shape index (κ2) is 7.85. The molecule has 0 aliphatic carbocycles. The van der Waals surface area contributed by atoms with E-state index in [0.29, 0.717) is 25.9 Å². The van der Waals surface area contributed by atoms with Crippen molar-refractivity contribution in [3.63, 3.8) is 0 Å². The Bertz CT molecular complexity index is 400. The number of carboxylic acids is 1. The molecule has 3 amide bonds. The molecule has 0 aromatic carbocycles. The summed E-state index contributed by atoms with van der Waals surface area (Å²) in [7, 11) is 0. The van der Waals surface area contributed by atoms with Gasteiger partial charge in [-0.05, 0) is 26.2 Å². The summed E-state index contributed by atoms with van der Waals surface area (Å²) in [6.07, 6.45) is 2.70. The molecule has 7 nitrogen and oxygen atoms in total. The number of rotatable bonds is 7. The molecule has 0 spiro atoms. The summed E-state index contributed by atoms with van der Waals surface area (Å²) in [6, 6.07) is -0.205. The molecule has 3 unspecified atom stereocenters. The number of hydrogen-bond donors (Lipinski definition) is 3. The van der Waals surface area contributed by atoms with Gasteiger partial charge in [-0.25, -0.2) is 4.79 Å². The van der Waals surface area contributed by atoms with Gasteiger partial charge in [0.25, 0.3) is 0 Å². The number of likely N-dealkylation sites (tertiary alicyclic amines) is 1. The first kappa shape index (κ1) is 17.3. The molecule has 3 atom stereocenters. The van der Waals surface area contributed by atoms with E-state index in [9.17, 15) is 14.4 Å². The number of carbonyl (C=O) groups excluding carboxylic acids is 2. The van der Waals surface area contributed by atoms with Crippen molar-refractivity contribution >= 4 is 17.9 Å². The van der Waals surface area contributed by atoms with Crippen LogP contribution in [0.25, 0.3) is 0 Å². The van der Waals surface area contributed by atoms with Gasteiger partial charge in [0.2, 0.25) is 5.91 Å². The summed E-state index contributed by atoms with van der Waals surface area (Å²) >= 11 is 0. The maximum absolute atomic E-state index is 12.0. The number of nitrogens with zero attached hydrogens (tertiary/aromatic N) is 1. The Kier molecular flexibility index (Phi) is 6.45. The highest BCUT2D eigenvalue weighted by molar-refractivity contribution is 5.80. The lowest BCUT2D eigenvalue weighted by Gasteiger charge is -2.21. The first-order valence-corrected chi connectivity index (χ1v) is 7.38. The van der Waals surface area contributed by atoms with Gasteiger partial charge in [-0.15, -0.1) is 0 Å². The largest absolute Gasteiger partial charge is 0.481 e. The number of nitrogens with one attached hydrogen (secondary N) is 1. The number of amides is 3. The molecule has 0 aromatic heterocycles. The monoisotopic (exact) mass is 299 g/mol. The van der Waals surface area contributed by atoms with Crippen LogP contribution in [-0.4, -0.2) is 47.0 Å². The van der Waals surface area contributed by atoms with Gasteiger partial charge in [0.1, 0.15) is 0 Å². The van der Waals surface area contributed by atoms with E-state index < -0.39 is 5.97 Å². The van der Waals surface area contributed by atoms with Crippen LogP contribution in [-0.2, 0) is 9.59 Å². The van der Waals surface area contributed by atoms with Gasteiger partial charge in [-0.3, -0.25) is 9.59 Å². The van der Waals surface area contributed by atoms with Gasteiger partial charge in [-0.2, -0.15) is 0 Å². The zero-order chi connectivity index (χ0) is 16.0. The minimum Gasteiger partial charge on any atom is -0.481 e. The van der Waals surface area contributed by atoms with E-state index in [0.717, 1.165) is 12.8 Å². The number of carboxylic acid groups (broad SMARTS) is 1. The number of carbonyl (C=O) groups is 3. The fraction of sp³-hybridized carbons (Fsp3) is 0.786. The van der Waals surface area contributed by atoms with Gasteiger partial charge in [0, 0.05) is 19.1 Å². The van der Waals surface area contributed by atoms with E-state index in [1.165, 1.54) is 0 Å². The minimum atomic E-state index is -0.791. The molecule has 0 saturated carbocycles. The third-order valence-electron chi connectivity index (χ3n) is 3.94. The van der Waals surface area contributed by atoms with Crippen LogP contribution in [0.5, 0.6) is 0 Å². The highest BCUT2D eigenvalue weighted by Crippen LogP contribution is 2.16. The Morgan fingerprint density at radius 1 is 1.33 bits per heavy atom. The highest BCUT2D eigenvalue weighted by Gasteiger charge is 2.29. The molecular formula is C14H25N3O4. The molecule has 1 fully saturated rings. The SMILES string of the molecule is CC(CCCC(C)C(=O)O)NC(=O)N1CCC(C(N)=O)C1. The summed E-state index contributed by atoms with van der Waals surface area (Å²) < 4.78 is 0. The molecule has 1 saturated heterocycles. The summed E-state index contributed by atoms with van der Waals surface area (Å²) in [5.74, 6) is -1.76. The predicted octanol–water partition coefficient (Wildman–Crippen LogP) is 0.783.